The molecular formula is C28H25N5O2. The summed E-state index contributed by atoms with van der Waals surface area (Å²) in [7, 11) is 0. The molecule has 2 amide bonds. The van der Waals surface area contributed by atoms with Gasteiger partial charge in [0.15, 0.2) is 0 Å². The average molecular weight is 464 g/mol. The number of aryl methyl sites for hydroxylation is 1. The molecule has 0 aliphatic rings. The maximum absolute atomic E-state index is 13.3. The number of nitrogens with one attached hydrogen (secondary N) is 2. The molecule has 35 heavy (non-hydrogen) atoms. The van der Waals surface area contributed by atoms with E-state index >= 15 is 0 Å². The van der Waals surface area contributed by atoms with E-state index in [-0.39, 0.29) is 5.91 Å². The lowest BCUT2D eigenvalue weighted by atomic mass is 10.00. The molecule has 4 aromatic rings. The molecule has 0 radical (unpaired) electrons. The maximum atomic E-state index is 13.3. The molecule has 0 spiro atoms. The van der Waals surface area contributed by atoms with Gasteiger partial charge in [0.1, 0.15) is 5.82 Å². The first-order valence-electron chi connectivity index (χ1n) is 11.3. The molecular weight excluding hydrogens is 438 g/mol. The molecule has 3 aromatic carbocycles. The summed E-state index contributed by atoms with van der Waals surface area (Å²) in [6, 6.07) is 23.6. The van der Waals surface area contributed by atoms with Crippen LogP contribution in [0.3, 0.4) is 0 Å². The van der Waals surface area contributed by atoms with E-state index < -0.39 is 11.9 Å². The average Bonchev–Trinajstić information content (AvgIpc) is 3.39. The number of H-pyrrole nitrogens is 1. The summed E-state index contributed by atoms with van der Waals surface area (Å²) >= 11 is 0. The van der Waals surface area contributed by atoms with E-state index in [1.807, 2.05) is 37.3 Å². The lowest BCUT2D eigenvalue weighted by Crippen LogP contribution is -2.31. The summed E-state index contributed by atoms with van der Waals surface area (Å²) in [6.07, 6.45) is 2.95. The van der Waals surface area contributed by atoms with Gasteiger partial charge in [-0.15, -0.1) is 0 Å². The predicted molar refractivity (Wildman–Crippen MR) is 133 cm³/mol. The predicted octanol–water partition coefficient (Wildman–Crippen LogP) is 4.32. The normalized spacial score (nSPS) is 11.4. The molecule has 0 fully saturated rings. The minimum absolute atomic E-state index is 0.226. The van der Waals surface area contributed by atoms with Crippen molar-refractivity contribution in [2.45, 2.75) is 25.8 Å². The van der Waals surface area contributed by atoms with Crippen LogP contribution in [0.1, 0.15) is 56.2 Å². The lowest BCUT2D eigenvalue weighted by molar-refractivity contribution is 0.0933. The van der Waals surface area contributed by atoms with Crippen molar-refractivity contribution < 1.29 is 9.59 Å². The monoisotopic (exact) mass is 463 g/mol. The Kier molecular flexibility index (Phi) is 7.03. The van der Waals surface area contributed by atoms with E-state index in [9.17, 15) is 14.9 Å². The second kappa shape index (κ2) is 10.5. The molecule has 0 saturated heterocycles. The van der Waals surface area contributed by atoms with Gasteiger partial charge in [-0.25, -0.2) is 4.98 Å². The highest BCUT2D eigenvalue weighted by molar-refractivity contribution is 5.96. The van der Waals surface area contributed by atoms with E-state index in [1.165, 1.54) is 0 Å². The Labute approximate surface area is 203 Å². The third-order valence-corrected chi connectivity index (χ3v) is 5.84. The fourth-order valence-electron chi connectivity index (χ4n) is 3.95. The van der Waals surface area contributed by atoms with Crippen LogP contribution in [0.5, 0.6) is 0 Å². The van der Waals surface area contributed by atoms with Crippen molar-refractivity contribution in [3.8, 4) is 17.3 Å². The topological polar surface area (TPSA) is 125 Å². The summed E-state index contributed by atoms with van der Waals surface area (Å²) < 4.78 is 0. The number of rotatable bonds is 8. The molecule has 1 atom stereocenters. The number of nitriles is 1. The minimum Gasteiger partial charge on any atom is -0.366 e. The Hall–Kier alpha value is -4.70. The number of carbonyl (C=O) groups is 2. The van der Waals surface area contributed by atoms with Gasteiger partial charge >= 0.3 is 0 Å². The first kappa shape index (κ1) is 23.5. The molecule has 0 saturated carbocycles. The minimum atomic E-state index is -0.487. The first-order chi connectivity index (χ1) is 17.0. The van der Waals surface area contributed by atoms with Gasteiger partial charge in [-0.1, -0.05) is 49.4 Å². The van der Waals surface area contributed by atoms with Crippen molar-refractivity contribution in [1.82, 2.24) is 15.3 Å². The van der Waals surface area contributed by atoms with Crippen molar-refractivity contribution >= 4 is 11.8 Å². The summed E-state index contributed by atoms with van der Waals surface area (Å²) in [5, 5.41) is 12.3. The number of benzene rings is 3. The molecule has 0 aliphatic heterocycles. The standard InChI is InChI=1S/C28H25N5O2/c1-2-20-14-19(16-29)8-13-23(20)28(35)33-24(15-18-6-4-3-5-7-18)27-31-17-25(32-27)21-9-11-22(12-10-21)26(30)34/h3-14,17,24H,2,15H2,1H3,(H2,30,34)(H,31,32)(H,33,35)/t24-/m0/s1. The highest BCUT2D eigenvalue weighted by Crippen LogP contribution is 2.23. The highest BCUT2D eigenvalue weighted by atomic mass is 16.2. The lowest BCUT2D eigenvalue weighted by Gasteiger charge is -2.18. The van der Waals surface area contributed by atoms with Crippen LogP contribution in [0.2, 0.25) is 0 Å². The summed E-state index contributed by atoms with van der Waals surface area (Å²) in [5.74, 6) is -0.0990. The molecule has 4 N–H and O–H groups in total. The van der Waals surface area contributed by atoms with Crippen LogP contribution in [-0.4, -0.2) is 21.8 Å². The number of hydrogen-bond donors (Lipinski definition) is 3. The Balaban J connectivity index is 1.63. The zero-order valence-corrected chi connectivity index (χ0v) is 19.3. The number of aromatic amines is 1. The van der Waals surface area contributed by atoms with E-state index in [0.29, 0.717) is 41.1 Å². The van der Waals surface area contributed by atoms with Crippen LogP contribution in [-0.2, 0) is 12.8 Å². The van der Waals surface area contributed by atoms with Gasteiger partial charge in [-0.3, -0.25) is 9.59 Å². The number of nitrogens with zero attached hydrogens (tertiary/aromatic N) is 2. The van der Waals surface area contributed by atoms with Gasteiger partial charge in [-0.05, 0) is 54.3 Å². The third kappa shape index (κ3) is 5.45. The van der Waals surface area contributed by atoms with Crippen LogP contribution in [0.4, 0.5) is 0 Å². The van der Waals surface area contributed by atoms with Crippen molar-refractivity contribution in [2.24, 2.45) is 5.73 Å². The number of amides is 2. The summed E-state index contributed by atoms with van der Waals surface area (Å²) in [5.41, 5.74) is 10.2. The van der Waals surface area contributed by atoms with Gasteiger partial charge in [0, 0.05) is 22.9 Å². The number of primary amides is 1. The molecule has 174 valence electrons. The Morgan fingerprint density at radius 3 is 2.49 bits per heavy atom. The van der Waals surface area contributed by atoms with E-state index in [4.69, 9.17) is 10.7 Å². The molecule has 0 unspecified atom stereocenters. The zero-order valence-electron chi connectivity index (χ0n) is 19.3. The van der Waals surface area contributed by atoms with Gasteiger partial charge < -0.3 is 16.0 Å². The molecule has 1 aromatic heterocycles. The van der Waals surface area contributed by atoms with Crippen LogP contribution >= 0.6 is 0 Å². The molecule has 0 bridgehead atoms. The molecule has 0 aliphatic carbocycles. The van der Waals surface area contributed by atoms with Crippen molar-refractivity contribution in [3.63, 3.8) is 0 Å². The molecule has 1 heterocycles. The Morgan fingerprint density at radius 2 is 1.83 bits per heavy atom. The van der Waals surface area contributed by atoms with E-state index in [2.05, 4.69) is 16.4 Å². The summed E-state index contributed by atoms with van der Waals surface area (Å²) in [6.45, 7) is 1.96. The zero-order chi connectivity index (χ0) is 24.8. The number of nitrogens with two attached hydrogens (primary N) is 1. The molecule has 4 rings (SSSR count). The van der Waals surface area contributed by atoms with Crippen LogP contribution in [0, 0.1) is 11.3 Å². The number of hydrogen-bond acceptors (Lipinski definition) is 4. The summed E-state index contributed by atoms with van der Waals surface area (Å²) in [4.78, 5) is 32.6. The number of imidazole rings is 1. The fraction of sp³-hybridized carbons (Fsp3) is 0.143. The van der Waals surface area contributed by atoms with Crippen LogP contribution < -0.4 is 11.1 Å². The van der Waals surface area contributed by atoms with E-state index in [1.54, 1.807) is 48.7 Å². The van der Waals surface area contributed by atoms with Gasteiger partial charge in [0.05, 0.1) is 23.4 Å². The van der Waals surface area contributed by atoms with Gasteiger partial charge in [0.25, 0.3) is 5.91 Å². The van der Waals surface area contributed by atoms with Crippen molar-refractivity contribution in [3.05, 3.63) is 113 Å². The van der Waals surface area contributed by atoms with E-state index in [0.717, 1.165) is 16.7 Å². The largest absolute Gasteiger partial charge is 0.366 e. The quantitative estimate of drug-likeness (QED) is 0.360. The molecule has 7 nitrogen and oxygen atoms in total. The van der Waals surface area contributed by atoms with Crippen molar-refractivity contribution in [1.29, 1.82) is 5.26 Å². The van der Waals surface area contributed by atoms with Crippen LogP contribution in [0.15, 0.2) is 79.0 Å². The van der Waals surface area contributed by atoms with Crippen LogP contribution in [0.25, 0.3) is 11.3 Å². The molecule has 7 heteroatoms. The smallest absolute Gasteiger partial charge is 0.252 e. The number of aromatic nitrogens is 2. The Morgan fingerprint density at radius 1 is 1.09 bits per heavy atom. The second-order valence-electron chi connectivity index (χ2n) is 8.17. The fourth-order valence-corrected chi connectivity index (χ4v) is 3.95. The number of carbonyl (C=O) groups excluding carboxylic acids is 2. The highest BCUT2D eigenvalue weighted by Gasteiger charge is 2.21. The second-order valence-corrected chi connectivity index (χ2v) is 8.17. The first-order valence-corrected chi connectivity index (χ1v) is 11.3. The van der Waals surface area contributed by atoms with Gasteiger partial charge in [0.2, 0.25) is 5.91 Å². The third-order valence-electron chi connectivity index (χ3n) is 5.84. The SMILES string of the molecule is CCc1cc(C#N)ccc1C(=O)N[C@@H](Cc1ccccc1)c1nc(-c2ccc(C(N)=O)cc2)c[nH]1. The van der Waals surface area contributed by atoms with Crippen molar-refractivity contribution in [2.75, 3.05) is 0 Å². The maximum Gasteiger partial charge on any atom is 0.252 e. The Bertz CT molecular complexity index is 1390. The van der Waals surface area contributed by atoms with Gasteiger partial charge in [-0.2, -0.15) is 5.26 Å².